The van der Waals surface area contributed by atoms with Crippen LogP contribution >= 0.6 is 23.5 Å². The zero-order chi connectivity index (χ0) is 20.8. The van der Waals surface area contributed by atoms with Crippen molar-refractivity contribution < 1.29 is 0 Å². The Balaban J connectivity index is 1.36. The Kier molecular flexibility index (Phi) is 4.43. The summed E-state index contributed by atoms with van der Waals surface area (Å²) in [4.78, 5) is 23.0. The Morgan fingerprint density at radius 3 is 2.81 bits per heavy atom. The van der Waals surface area contributed by atoms with E-state index in [1.165, 1.54) is 11.7 Å². The summed E-state index contributed by atoms with van der Waals surface area (Å²) < 4.78 is 10.4. The molecule has 0 saturated heterocycles. The summed E-state index contributed by atoms with van der Waals surface area (Å²) in [6.45, 7) is 0. The molecule has 2 unspecified atom stereocenters. The van der Waals surface area contributed by atoms with E-state index in [2.05, 4.69) is 20.1 Å². The maximum Gasteiger partial charge on any atom is 0.265 e. The molecule has 0 spiro atoms. The molecule has 0 bridgehead atoms. The van der Waals surface area contributed by atoms with Gasteiger partial charge in [0, 0.05) is 0 Å². The number of aliphatic imine (C=N–C) groups is 1. The van der Waals surface area contributed by atoms with E-state index >= 15 is 0 Å². The van der Waals surface area contributed by atoms with Gasteiger partial charge in [-0.2, -0.15) is 8.75 Å². The van der Waals surface area contributed by atoms with Crippen LogP contribution in [0.3, 0.4) is 0 Å². The first-order valence-corrected chi connectivity index (χ1v) is 11.5. The van der Waals surface area contributed by atoms with Gasteiger partial charge in [-0.1, -0.05) is 48.2 Å². The van der Waals surface area contributed by atoms with E-state index in [9.17, 15) is 4.79 Å². The number of benzene rings is 2. The zero-order valence-corrected chi connectivity index (χ0v) is 17.8. The molecule has 2 aromatic carbocycles. The molecule has 9 heteroatoms. The van der Waals surface area contributed by atoms with Gasteiger partial charge in [-0.25, -0.2) is 4.98 Å². The SMILES string of the molecule is O=c1c2ccccc2nc(CSC2=NC3c4nsnc4C=CC3N2)n1-c1ccccc1. The van der Waals surface area contributed by atoms with Gasteiger partial charge in [-0.05, 0) is 30.3 Å². The summed E-state index contributed by atoms with van der Waals surface area (Å²) in [5, 5.41) is 4.88. The highest BCUT2D eigenvalue weighted by atomic mass is 32.2. The molecule has 1 aliphatic carbocycles. The molecule has 6 rings (SSSR count). The largest absolute Gasteiger partial charge is 0.356 e. The lowest BCUT2D eigenvalue weighted by molar-refractivity contribution is 0.621. The Morgan fingerprint density at radius 1 is 1.06 bits per heavy atom. The monoisotopic (exact) mass is 444 g/mol. The molecule has 2 aromatic heterocycles. The number of para-hydroxylation sites is 2. The van der Waals surface area contributed by atoms with Gasteiger partial charge in [0.05, 0.1) is 40.1 Å². The number of amidine groups is 1. The Morgan fingerprint density at radius 2 is 1.90 bits per heavy atom. The lowest BCUT2D eigenvalue weighted by Gasteiger charge is -2.16. The van der Waals surface area contributed by atoms with E-state index < -0.39 is 0 Å². The molecule has 3 heterocycles. The minimum atomic E-state index is -0.0662. The summed E-state index contributed by atoms with van der Waals surface area (Å²) in [5.41, 5.74) is 3.26. The van der Waals surface area contributed by atoms with Crippen molar-refractivity contribution >= 4 is 45.6 Å². The Bertz CT molecular complexity index is 1410. The van der Waals surface area contributed by atoms with E-state index in [1.807, 2.05) is 60.7 Å². The van der Waals surface area contributed by atoms with Gasteiger partial charge in [0.15, 0.2) is 5.17 Å². The maximum absolute atomic E-state index is 13.3. The third kappa shape index (κ3) is 3.17. The van der Waals surface area contributed by atoms with Crippen LogP contribution in [-0.2, 0) is 5.75 Å². The van der Waals surface area contributed by atoms with Crippen molar-refractivity contribution in [3.8, 4) is 5.69 Å². The molecule has 0 amide bonds. The molecule has 7 nitrogen and oxygen atoms in total. The third-order valence-electron chi connectivity index (χ3n) is 5.37. The molecule has 0 fully saturated rings. The van der Waals surface area contributed by atoms with Crippen LogP contribution in [0.4, 0.5) is 0 Å². The smallest absolute Gasteiger partial charge is 0.265 e. The number of nitrogens with one attached hydrogen (secondary N) is 1. The van der Waals surface area contributed by atoms with Crippen molar-refractivity contribution in [2.75, 3.05) is 0 Å². The summed E-state index contributed by atoms with van der Waals surface area (Å²) >= 11 is 2.76. The quantitative estimate of drug-likeness (QED) is 0.520. The lowest BCUT2D eigenvalue weighted by atomic mass is 9.99. The van der Waals surface area contributed by atoms with E-state index in [0.29, 0.717) is 22.5 Å². The van der Waals surface area contributed by atoms with Gasteiger partial charge in [0.1, 0.15) is 23.3 Å². The second-order valence-corrected chi connectivity index (χ2v) is 8.75. The van der Waals surface area contributed by atoms with E-state index in [0.717, 1.165) is 22.2 Å². The second kappa shape index (κ2) is 7.44. The molecule has 152 valence electrons. The normalized spacial score (nSPS) is 19.0. The fourth-order valence-electron chi connectivity index (χ4n) is 3.90. The van der Waals surface area contributed by atoms with Crippen molar-refractivity contribution in [2.24, 2.45) is 4.99 Å². The van der Waals surface area contributed by atoms with Gasteiger partial charge < -0.3 is 5.32 Å². The molecular weight excluding hydrogens is 428 g/mol. The fourth-order valence-corrected chi connectivity index (χ4v) is 5.34. The van der Waals surface area contributed by atoms with Crippen LogP contribution in [0.15, 0.2) is 70.5 Å². The first kappa shape index (κ1) is 18.5. The van der Waals surface area contributed by atoms with E-state index in [-0.39, 0.29) is 17.6 Å². The van der Waals surface area contributed by atoms with Gasteiger partial charge in [0.25, 0.3) is 5.56 Å². The molecule has 1 N–H and O–H groups in total. The average Bonchev–Trinajstić information content (AvgIpc) is 3.44. The van der Waals surface area contributed by atoms with Crippen LogP contribution in [0.1, 0.15) is 23.3 Å². The molecule has 0 radical (unpaired) electrons. The van der Waals surface area contributed by atoms with Crippen molar-refractivity contribution in [1.82, 2.24) is 23.6 Å². The molecule has 1 aliphatic heterocycles. The van der Waals surface area contributed by atoms with Crippen LogP contribution in [0.5, 0.6) is 0 Å². The van der Waals surface area contributed by atoms with Gasteiger partial charge >= 0.3 is 0 Å². The van der Waals surface area contributed by atoms with Crippen LogP contribution in [0.2, 0.25) is 0 Å². The summed E-state index contributed by atoms with van der Waals surface area (Å²) in [6.07, 6.45) is 4.08. The fraction of sp³-hybridized carbons (Fsp3) is 0.136. The van der Waals surface area contributed by atoms with E-state index in [4.69, 9.17) is 9.98 Å². The summed E-state index contributed by atoms with van der Waals surface area (Å²) in [6, 6.07) is 17.1. The molecule has 2 aliphatic rings. The van der Waals surface area contributed by atoms with Gasteiger partial charge in [-0.15, -0.1) is 0 Å². The summed E-state index contributed by atoms with van der Waals surface area (Å²) in [5.74, 6) is 1.19. The Labute approximate surface area is 185 Å². The van der Waals surface area contributed by atoms with Crippen LogP contribution in [0, 0.1) is 0 Å². The first-order chi connectivity index (χ1) is 15.3. The maximum atomic E-state index is 13.3. The molecule has 0 saturated carbocycles. The Hall–Kier alpha value is -3.30. The number of aromatic nitrogens is 4. The number of fused-ring (bicyclic) bond motifs is 4. The highest BCUT2D eigenvalue weighted by Gasteiger charge is 2.34. The minimum Gasteiger partial charge on any atom is -0.356 e. The molecule has 31 heavy (non-hydrogen) atoms. The van der Waals surface area contributed by atoms with Crippen LogP contribution in [-0.4, -0.2) is 29.5 Å². The molecule has 4 aromatic rings. The minimum absolute atomic E-state index is 0.0536. The number of hydrogen-bond acceptors (Lipinski definition) is 8. The van der Waals surface area contributed by atoms with Crippen molar-refractivity contribution in [1.29, 1.82) is 0 Å². The van der Waals surface area contributed by atoms with E-state index in [1.54, 1.807) is 16.3 Å². The first-order valence-electron chi connectivity index (χ1n) is 9.82. The van der Waals surface area contributed by atoms with Crippen molar-refractivity contribution in [2.45, 2.75) is 17.8 Å². The van der Waals surface area contributed by atoms with Crippen LogP contribution < -0.4 is 10.9 Å². The summed E-state index contributed by atoms with van der Waals surface area (Å²) in [7, 11) is 0. The number of hydrogen-bond donors (Lipinski definition) is 1. The topological polar surface area (TPSA) is 85.1 Å². The standard InChI is InChI=1S/C22H16N6OS2/c29-21-14-8-4-5-9-15(14)23-18(28(21)13-6-2-1-3-7-13)12-30-22-24-16-10-11-17-20(19(16)25-22)27-31-26-17/h1-11,16,19H,12H2,(H,24,25). The van der Waals surface area contributed by atoms with Gasteiger partial charge in [-0.3, -0.25) is 14.4 Å². The van der Waals surface area contributed by atoms with Gasteiger partial charge in [0.2, 0.25) is 0 Å². The average molecular weight is 445 g/mol. The highest BCUT2D eigenvalue weighted by molar-refractivity contribution is 8.13. The lowest BCUT2D eigenvalue weighted by Crippen LogP contribution is -2.30. The van der Waals surface area contributed by atoms with Crippen molar-refractivity contribution in [3.63, 3.8) is 0 Å². The molecular formula is C22H16N6OS2. The molecule has 2 atom stereocenters. The van der Waals surface area contributed by atoms with Crippen LogP contribution in [0.25, 0.3) is 22.7 Å². The number of nitrogens with zero attached hydrogens (tertiary/aromatic N) is 5. The predicted molar refractivity (Wildman–Crippen MR) is 125 cm³/mol. The highest BCUT2D eigenvalue weighted by Crippen LogP contribution is 2.34. The predicted octanol–water partition coefficient (Wildman–Crippen LogP) is 3.57. The van der Waals surface area contributed by atoms with Crippen molar-refractivity contribution in [3.05, 3.63) is 88.2 Å². The zero-order valence-electron chi connectivity index (χ0n) is 16.2. The third-order valence-corrected chi connectivity index (χ3v) is 6.82. The number of rotatable bonds is 3. The second-order valence-electron chi connectivity index (χ2n) is 7.25. The number of thioether (sulfide) groups is 1.